The summed E-state index contributed by atoms with van der Waals surface area (Å²) in [6.07, 6.45) is 43.9. The average Bonchev–Trinajstić information content (AvgIpc) is 3.30. The zero-order valence-electron chi connectivity index (χ0n) is 43.1. The lowest BCUT2D eigenvalue weighted by molar-refractivity contribution is -0.0444. The van der Waals surface area contributed by atoms with Crippen molar-refractivity contribution in [3.05, 3.63) is 34.9 Å². The average molecular weight is 894 g/mol. The van der Waals surface area contributed by atoms with Crippen molar-refractivity contribution in [3.63, 3.8) is 0 Å². The molecule has 0 saturated heterocycles. The van der Waals surface area contributed by atoms with Gasteiger partial charge in [-0.3, -0.25) is 0 Å². The van der Waals surface area contributed by atoms with Crippen molar-refractivity contribution in [2.75, 3.05) is 0 Å². The molecule has 380 valence electrons. The van der Waals surface area contributed by atoms with Crippen LogP contribution in [0.5, 0.6) is 0 Å². The van der Waals surface area contributed by atoms with Gasteiger partial charge in [-0.05, 0) is 172 Å². The van der Waals surface area contributed by atoms with Crippen LogP contribution in [0.2, 0.25) is 0 Å². The molecule has 13 unspecified atom stereocenters. The van der Waals surface area contributed by atoms with E-state index in [1.807, 2.05) is 44.4 Å². The second-order valence-corrected chi connectivity index (χ2v) is 21.9. The first-order valence-corrected chi connectivity index (χ1v) is 28.3. The van der Waals surface area contributed by atoms with Crippen LogP contribution in [0.4, 0.5) is 0 Å². The number of allylic oxidation sites excluding steroid dienone is 6. The van der Waals surface area contributed by atoms with E-state index < -0.39 is 0 Å². The summed E-state index contributed by atoms with van der Waals surface area (Å²) in [6.45, 7) is 30.4. The summed E-state index contributed by atoms with van der Waals surface area (Å²) in [7, 11) is 0. The fraction of sp³-hybridized carbons (Fsp3) is 0.906. The van der Waals surface area contributed by atoms with E-state index >= 15 is 0 Å². The van der Waals surface area contributed by atoms with Crippen LogP contribution in [0.15, 0.2) is 34.9 Å². The van der Waals surface area contributed by atoms with Crippen molar-refractivity contribution in [1.29, 1.82) is 0 Å². The van der Waals surface area contributed by atoms with Crippen molar-refractivity contribution in [1.82, 2.24) is 0 Å². The van der Waals surface area contributed by atoms with Gasteiger partial charge in [-0.2, -0.15) is 0 Å². The highest BCUT2D eigenvalue weighted by molar-refractivity contribution is 5.38. The minimum atomic E-state index is 0. The van der Waals surface area contributed by atoms with Gasteiger partial charge >= 0.3 is 0 Å². The molecule has 7 aliphatic carbocycles. The fourth-order valence-electron chi connectivity index (χ4n) is 16.2. The molecule has 0 aromatic carbocycles. The smallest absolute Gasteiger partial charge is 0.00436 e. The van der Waals surface area contributed by atoms with Crippen LogP contribution >= 0.6 is 0 Å². The molecular weight excluding hydrogens is 769 g/mol. The molecule has 0 heteroatoms. The Bertz CT molecular complexity index is 1250. The van der Waals surface area contributed by atoms with E-state index in [4.69, 9.17) is 0 Å². The molecule has 64 heavy (non-hydrogen) atoms. The molecule has 4 saturated carbocycles. The molecule has 0 aliphatic heterocycles. The zero-order valence-corrected chi connectivity index (χ0v) is 43.1. The maximum absolute atomic E-state index is 2.74. The van der Waals surface area contributed by atoms with Gasteiger partial charge in [-0.25, -0.2) is 0 Å². The largest absolute Gasteiger partial charge is 0.0885 e. The van der Waals surface area contributed by atoms with Gasteiger partial charge in [0.15, 0.2) is 0 Å². The lowest BCUT2D eigenvalue weighted by Crippen LogP contribution is -2.46. The molecule has 0 heterocycles. The predicted molar refractivity (Wildman–Crippen MR) is 296 cm³/mol. The van der Waals surface area contributed by atoms with Crippen molar-refractivity contribution in [3.8, 4) is 0 Å². The molecule has 0 bridgehead atoms. The molecule has 4 fully saturated rings. The second kappa shape index (κ2) is 32.9. The van der Waals surface area contributed by atoms with Crippen LogP contribution in [0.3, 0.4) is 0 Å². The highest BCUT2D eigenvalue weighted by atomic mass is 14.6. The van der Waals surface area contributed by atoms with Crippen molar-refractivity contribution >= 4 is 0 Å². The molecule has 0 aromatic rings. The van der Waals surface area contributed by atoms with Crippen molar-refractivity contribution in [2.45, 2.75) is 280 Å². The van der Waals surface area contributed by atoms with Crippen molar-refractivity contribution in [2.24, 2.45) is 94.7 Å². The third-order valence-electron chi connectivity index (χ3n) is 19.3. The van der Waals surface area contributed by atoms with Gasteiger partial charge < -0.3 is 0 Å². The Hall–Kier alpha value is -0.780. The molecule has 13 atom stereocenters. The molecule has 0 aromatic heterocycles. The van der Waals surface area contributed by atoms with Gasteiger partial charge in [-0.1, -0.05) is 232 Å². The van der Waals surface area contributed by atoms with Crippen LogP contribution in [-0.4, -0.2) is 0 Å². The maximum atomic E-state index is 2.74. The number of unbranched alkanes of at least 4 members (excludes halogenated alkanes) is 1. The summed E-state index contributed by atoms with van der Waals surface area (Å²) in [5, 5.41) is 0. The van der Waals surface area contributed by atoms with Crippen LogP contribution in [0.1, 0.15) is 280 Å². The van der Waals surface area contributed by atoms with E-state index in [9.17, 15) is 0 Å². The lowest BCUT2D eigenvalue weighted by Gasteiger charge is -2.55. The van der Waals surface area contributed by atoms with E-state index in [1.165, 1.54) is 148 Å². The maximum Gasteiger partial charge on any atom is 0.00436 e. The van der Waals surface area contributed by atoms with Crippen LogP contribution < -0.4 is 0 Å². The van der Waals surface area contributed by atoms with Gasteiger partial charge in [0.1, 0.15) is 0 Å². The van der Waals surface area contributed by atoms with Gasteiger partial charge in [0.05, 0.1) is 0 Å². The monoisotopic (exact) mass is 893 g/mol. The third kappa shape index (κ3) is 15.1. The Morgan fingerprint density at radius 2 is 1.30 bits per heavy atom. The van der Waals surface area contributed by atoms with Crippen LogP contribution in [0, 0.1) is 94.7 Å². The molecule has 0 amide bonds. The number of hydrogen-bond donors (Lipinski definition) is 0. The Labute approximate surface area is 408 Å². The minimum Gasteiger partial charge on any atom is -0.0885 e. The summed E-state index contributed by atoms with van der Waals surface area (Å²) in [5.41, 5.74) is 5.82. The van der Waals surface area contributed by atoms with E-state index in [0.29, 0.717) is 0 Å². The summed E-state index contributed by atoms with van der Waals surface area (Å²) in [6, 6.07) is 0. The van der Waals surface area contributed by atoms with Crippen molar-refractivity contribution < 1.29 is 0 Å². The highest BCUT2D eigenvalue weighted by Crippen LogP contribution is 2.60. The first-order chi connectivity index (χ1) is 29.3. The zero-order chi connectivity index (χ0) is 43.8. The molecule has 0 N–H and O–H groups in total. The summed E-state index contributed by atoms with van der Waals surface area (Å²) < 4.78 is 0. The number of fused-ring (bicyclic) bond motifs is 1. The highest BCUT2D eigenvalue weighted by Gasteiger charge is 2.51. The third-order valence-corrected chi connectivity index (χ3v) is 19.3. The summed E-state index contributed by atoms with van der Waals surface area (Å²) in [4.78, 5) is 0. The van der Waals surface area contributed by atoms with E-state index in [0.717, 1.165) is 94.7 Å². The molecule has 0 radical (unpaired) electrons. The van der Waals surface area contributed by atoms with E-state index in [1.54, 1.807) is 12.8 Å². The SMILES string of the molecule is C.C.C.C.CC.CC.CCC(C)C1CCC(C2CC3=CCCC4=C(C5CC=CCC5)CC(CC)C(C34)C2C)CC1.CCCCC1C(C)C(C(CCC)CCC)CC2CCCC(CC)C21. The van der Waals surface area contributed by atoms with Crippen LogP contribution in [-0.2, 0) is 0 Å². The topological polar surface area (TPSA) is 0 Å². The standard InChI is InChI=1S/C32H50.C24H46.2C2H6.4CH4/c1-5-21(3)24-15-17-26(18-16-24)29-20-27-13-10-14-28-30(25-11-8-7-9-12-25)19-23(6-2)31(22(29)4)32(27)28;1-6-10-16-22-18(5)23(20(12-7-2)13-8-3)17-21-15-11-14-19(9-4)24(21)22;2*1-2;;;;/h7-8,13,21-26,29,31-32H,5-6,9-12,14-20H2,1-4H3;18-24H,6-17H2,1-5H3;2*1-2H3;4*1H4. The van der Waals surface area contributed by atoms with Gasteiger partial charge in [0.25, 0.3) is 0 Å². The van der Waals surface area contributed by atoms with Crippen LogP contribution in [0.25, 0.3) is 0 Å². The molecule has 7 rings (SSSR count). The molecular formula is C64H124. The van der Waals surface area contributed by atoms with Gasteiger partial charge in [0, 0.05) is 5.92 Å². The molecule has 7 aliphatic rings. The summed E-state index contributed by atoms with van der Waals surface area (Å²) >= 11 is 0. The Morgan fingerprint density at radius 1 is 0.641 bits per heavy atom. The van der Waals surface area contributed by atoms with Gasteiger partial charge in [-0.15, -0.1) is 0 Å². The Kier molecular flexibility index (Phi) is 32.5. The first kappa shape index (κ1) is 63.2. The quantitative estimate of drug-likeness (QED) is 0.152. The van der Waals surface area contributed by atoms with E-state index in [-0.39, 0.29) is 29.7 Å². The number of rotatable bonds is 14. The predicted octanol–water partition coefficient (Wildman–Crippen LogP) is 22.2. The summed E-state index contributed by atoms with van der Waals surface area (Å²) in [5.74, 6) is 15.7. The lowest BCUT2D eigenvalue weighted by atomic mass is 9.50. The molecule has 0 spiro atoms. The number of hydrogen-bond acceptors (Lipinski definition) is 0. The normalized spacial score (nSPS) is 35.4. The fourth-order valence-corrected chi connectivity index (χ4v) is 16.2. The first-order valence-electron chi connectivity index (χ1n) is 28.3. The molecule has 0 nitrogen and oxygen atoms in total. The Morgan fingerprint density at radius 3 is 1.86 bits per heavy atom. The Balaban J connectivity index is 0.00000112. The second-order valence-electron chi connectivity index (χ2n) is 21.9. The van der Waals surface area contributed by atoms with Gasteiger partial charge in [0.2, 0.25) is 0 Å². The van der Waals surface area contributed by atoms with E-state index in [2.05, 4.69) is 80.5 Å². The minimum absolute atomic E-state index is 0.